The van der Waals surface area contributed by atoms with Crippen LogP contribution < -0.4 is 10.1 Å². The van der Waals surface area contributed by atoms with Crippen molar-refractivity contribution in [3.05, 3.63) is 58.1 Å². The lowest BCUT2D eigenvalue weighted by molar-refractivity contribution is -0.122. The fourth-order valence-corrected chi connectivity index (χ4v) is 2.45. The van der Waals surface area contributed by atoms with Crippen molar-refractivity contribution in [1.29, 1.82) is 5.26 Å². The monoisotopic (exact) mass is 358 g/mol. The first kappa shape index (κ1) is 16.1. The lowest BCUT2D eigenvalue weighted by Gasteiger charge is -2.16. The van der Waals surface area contributed by atoms with Gasteiger partial charge in [-0.15, -0.1) is 0 Å². The Morgan fingerprint density at radius 1 is 1.32 bits per heavy atom. The van der Waals surface area contributed by atoms with Crippen LogP contribution >= 0.6 is 15.9 Å². The Bertz CT molecular complexity index is 738. The van der Waals surface area contributed by atoms with Crippen LogP contribution in [0.5, 0.6) is 5.75 Å². The van der Waals surface area contributed by atoms with Crippen LogP contribution in [0.4, 0.5) is 5.69 Å². The minimum atomic E-state index is -0.720. The number of nitrogens with zero attached hydrogens (tertiary/aromatic N) is 1. The number of carbonyl (C=O) groups is 1. The zero-order valence-corrected chi connectivity index (χ0v) is 13.8. The summed E-state index contributed by atoms with van der Waals surface area (Å²) in [5.74, 6) is 0.118. The molecule has 0 fully saturated rings. The van der Waals surface area contributed by atoms with E-state index in [4.69, 9.17) is 10.00 Å². The molecular formula is C17H15BrN2O2. The van der Waals surface area contributed by atoms with Crippen LogP contribution in [0.2, 0.25) is 0 Å². The largest absolute Gasteiger partial charge is 0.480 e. The topological polar surface area (TPSA) is 62.1 Å². The van der Waals surface area contributed by atoms with Crippen molar-refractivity contribution in [3.8, 4) is 11.8 Å². The molecule has 22 heavy (non-hydrogen) atoms. The molecule has 2 rings (SSSR count). The van der Waals surface area contributed by atoms with Crippen LogP contribution in [-0.2, 0) is 4.79 Å². The summed E-state index contributed by atoms with van der Waals surface area (Å²) < 4.78 is 6.39. The highest BCUT2D eigenvalue weighted by Crippen LogP contribution is 2.24. The number of hydrogen-bond acceptors (Lipinski definition) is 3. The number of rotatable bonds is 4. The molecule has 0 aliphatic heterocycles. The number of amides is 1. The highest BCUT2D eigenvalue weighted by atomic mass is 79.9. The van der Waals surface area contributed by atoms with Gasteiger partial charge >= 0.3 is 0 Å². The predicted molar refractivity (Wildman–Crippen MR) is 88.8 cm³/mol. The van der Waals surface area contributed by atoms with Crippen molar-refractivity contribution >= 4 is 27.5 Å². The van der Waals surface area contributed by atoms with Gasteiger partial charge in [0.1, 0.15) is 11.8 Å². The molecule has 1 N–H and O–H groups in total. The normalized spacial score (nSPS) is 11.4. The van der Waals surface area contributed by atoms with Crippen molar-refractivity contribution in [2.24, 2.45) is 0 Å². The first-order valence-corrected chi connectivity index (χ1v) is 7.53. The molecule has 0 aliphatic rings. The first-order valence-electron chi connectivity index (χ1n) is 6.74. The van der Waals surface area contributed by atoms with Crippen LogP contribution in [0.3, 0.4) is 0 Å². The zero-order chi connectivity index (χ0) is 16.1. The summed E-state index contributed by atoms with van der Waals surface area (Å²) in [7, 11) is 0. The third kappa shape index (κ3) is 3.86. The summed E-state index contributed by atoms with van der Waals surface area (Å²) in [5.41, 5.74) is 2.18. The molecule has 4 nitrogen and oxygen atoms in total. The summed E-state index contributed by atoms with van der Waals surface area (Å²) in [4.78, 5) is 12.2. The molecule has 1 unspecified atom stereocenters. The highest BCUT2D eigenvalue weighted by molar-refractivity contribution is 9.10. The van der Waals surface area contributed by atoms with Gasteiger partial charge in [0, 0.05) is 4.47 Å². The first-order chi connectivity index (χ1) is 10.5. The third-order valence-corrected chi connectivity index (χ3v) is 3.72. The van der Waals surface area contributed by atoms with Crippen LogP contribution in [-0.4, -0.2) is 12.0 Å². The molecular weight excluding hydrogens is 344 g/mol. The van der Waals surface area contributed by atoms with E-state index < -0.39 is 6.10 Å². The van der Waals surface area contributed by atoms with E-state index in [9.17, 15) is 4.79 Å². The maximum Gasteiger partial charge on any atom is 0.265 e. The lowest BCUT2D eigenvalue weighted by Crippen LogP contribution is -2.30. The van der Waals surface area contributed by atoms with Gasteiger partial charge in [0.25, 0.3) is 5.91 Å². The second-order valence-corrected chi connectivity index (χ2v) is 5.69. The number of ether oxygens (including phenoxy) is 1. The van der Waals surface area contributed by atoms with Gasteiger partial charge in [-0.3, -0.25) is 4.79 Å². The number of anilines is 1. The van der Waals surface area contributed by atoms with Gasteiger partial charge in [-0.25, -0.2) is 0 Å². The SMILES string of the molecule is Cc1ccc(NC(=O)C(C)Oc2ccccc2C#N)c(Br)c1. The number of carbonyl (C=O) groups excluding carboxylic acids is 1. The van der Waals surface area contributed by atoms with E-state index in [-0.39, 0.29) is 5.91 Å². The molecule has 0 heterocycles. The molecule has 112 valence electrons. The highest BCUT2D eigenvalue weighted by Gasteiger charge is 2.17. The number of aryl methyl sites for hydroxylation is 1. The van der Waals surface area contributed by atoms with Gasteiger partial charge in [0.05, 0.1) is 11.3 Å². The van der Waals surface area contributed by atoms with E-state index in [1.807, 2.05) is 31.2 Å². The minimum Gasteiger partial charge on any atom is -0.480 e. The molecule has 1 amide bonds. The number of benzene rings is 2. The van der Waals surface area contributed by atoms with E-state index >= 15 is 0 Å². The molecule has 5 heteroatoms. The van der Waals surface area contributed by atoms with Crippen LogP contribution in [0.25, 0.3) is 0 Å². The standard InChI is InChI=1S/C17H15BrN2O2/c1-11-7-8-15(14(18)9-11)20-17(21)12(2)22-16-6-4-3-5-13(16)10-19/h3-9,12H,1-2H3,(H,20,21). The van der Waals surface area contributed by atoms with Crippen molar-refractivity contribution in [2.45, 2.75) is 20.0 Å². The second kappa shape index (κ2) is 7.10. The van der Waals surface area contributed by atoms with Gasteiger partial charge in [-0.05, 0) is 59.6 Å². The van der Waals surface area contributed by atoms with Gasteiger partial charge in [-0.2, -0.15) is 5.26 Å². The molecule has 1 atom stereocenters. The average molecular weight is 359 g/mol. The Morgan fingerprint density at radius 2 is 2.05 bits per heavy atom. The van der Waals surface area contributed by atoms with Gasteiger partial charge in [-0.1, -0.05) is 18.2 Å². The number of para-hydroxylation sites is 1. The van der Waals surface area contributed by atoms with Crippen LogP contribution in [0.1, 0.15) is 18.1 Å². The summed E-state index contributed by atoms with van der Waals surface area (Å²) in [6, 6.07) is 14.5. The molecule has 0 aliphatic carbocycles. The summed E-state index contributed by atoms with van der Waals surface area (Å²) >= 11 is 3.42. The van der Waals surface area contributed by atoms with E-state index in [2.05, 4.69) is 21.2 Å². The fraction of sp³-hybridized carbons (Fsp3) is 0.176. The zero-order valence-electron chi connectivity index (χ0n) is 12.3. The number of halogens is 1. The van der Waals surface area contributed by atoms with Crippen LogP contribution in [0, 0.1) is 18.3 Å². The molecule has 0 saturated carbocycles. The van der Waals surface area contributed by atoms with Gasteiger partial charge < -0.3 is 10.1 Å². The molecule has 0 bridgehead atoms. The molecule has 2 aromatic carbocycles. The minimum absolute atomic E-state index is 0.280. The van der Waals surface area contributed by atoms with Crippen LogP contribution in [0.15, 0.2) is 46.9 Å². The van der Waals surface area contributed by atoms with Crippen molar-refractivity contribution in [2.75, 3.05) is 5.32 Å². The number of nitrogens with one attached hydrogen (secondary N) is 1. The quantitative estimate of drug-likeness (QED) is 0.896. The molecule has 0 aromatic heterocycles. The van der Waals surface area contributed by atoms with Crippen molar-refractivity contribution in [3.63, 3.8) is 0 Å². The molecule has 2 aromatic rings. The van der Waals surface area contributed by atoms with E-state index in [0.717, 1.165) is 10.0 Å². The maximum absolute atomic E-state index is 12.2. The van der Waals surface area contributed by atoms with Gasteiger partial charge in [0.2, 0.25) is 0 Å². The van der Waals surface area contributed by atoms with Crippen molar-refractivity contribution in [1.82, 2.24) is 0 Å². The number of hydrogen-bond donors (Lipinski definition) is 1. The summed E-state index contributed by atoms with van der Waals surface area (Å²) in [6.45, 7) is 3.62. The molecule has 0 saturated heterocycles. The Morgan fingerprint density at radius 3 is 2.73 bits per heavy atom. The molecule has 0 spiro atoms. The average Bonchev–Trinajstić information content (AvgIpc) is 2.50. The summed E-state index contributed by atoms with van der Waals surface area (Å²) in [6.07, 6.45) is -0.720. The fourth-order valence-electron chi connectivity index (χ4n) is 1.86. The molecule has 0 radical (unpaired) electrons. The predicted octanol–water partition coefficient (Wildman–Crippen LogP) is 4.04. The Labute approximate surface area is 137 Å². The van der Waals surface area contributed by atoms with E-state index in [0.29, 0.717) is 17.0 Å². The Kier molecular flexibility index (Phi) is 5.18. The van der Waals surface area contributed by atoms with E-state index in [1.54, 1.807) is 31.2 Å². The Balaban J connectivity index is 2.08. The Hall–Kier alpha value is -2.32. The number of nitriles is 1. The summed E-state index contributed by atoms with van der Waals surface area (Å²) in [5, 5.41) is 11.8. The smallest absolute Gasteiger partial charge is 0.265 e. The van der Waals surface area contributed by atoms with Crippen molar-refractivity contribution < 1.29 is 9.53 Å². The lowest BCUT2D eigenvalue weighted by atomic mass is 10.2. The van der Waals surface area contributed by atoms with E-state index in [1.165, 1.54) is 0 Å². The van der Waals surface area contributed by atoms with Gasteiger partial charge in [0.15, 0.2) is 6.10 Å². The maximum atomic E-state index is 12.2. The second-order valence-electron chi connectivity index (χ2n) is 4.84. The third-order valence-electron chi connectivity index (χ3n) is 3.06.